The highest BCUT2D eigenvalue weighted by molar-refractivity contribution is 14.2. The Morgan fingerprint density at radius 3 is 2.47 bits per heavy atom. The predicted octanol–water partition coefficient (Wildman–Crippen LogP) is 9.70. The average Bonchev–Trinajstić information content (AvgIpc) is 2.92. The van der Waals surface area contributed by atoms with E-state index in [0.717, 1.165) is 22.6 Å². The van der Waals surface area contributed by atoms with E-state index in [1.165, 1.54) is 60.4 Å². The van der Waals surface area contributed by atoms with Crippen molar-refractivity contribution >= 4 is 65.5 Å². The van der Waals surface area contributed by atoms with Crippen LogP contribution in [0, 0.1) is 17.2 Å². The molecule has 0 radical (unpaired) electrons. The van der Waals surface area contributed by atoms with E-state index >= 15 is 0 Å². The lowest BCUT2D eigenvalue weighted by molar-refractivity contribution is -0.137. The van der Waals surface area contributed by atoms with Crippen molar-refractivity contribution in [3.05, 3.63) is 59.2 Å². The van der Waals surface area contributed by atoms with Gasteiger partial charge in [0.25, 0.3) is 0 Å². The molecule has 1 atom stereocenters. The molecule has 10 heteroatoms. The summed E-state index contributed by atoms with van der Waals surface area (Å²) in [5, 5.41) is 8.94. The summed E-state index contributed by atoms with van der Waals surface area (Å²) in [5.41, 5.74) is 0.0365. The third kappa shape index (κ3) is 9.47. The molecule has 38 heavy (non-hydrogen) atoms. The Kier molecular flexibility index (Phi) is 12.3. The van der Waals surface area contributed by atoms with Crippen molar-refractivity contribution in [3.8, 4) is 6.07 Å². The van der Waals surface area contributed by atoms with Gasteiger partial charge in [-0.2, -0.15) is 18.4 Å². The molecule has 2 aromatic rings. The van der Waals surface area contributed by atoms with Gasteiger partial charge in [0.1, 0.15) is 3.42 Å². The molecule has 1 fully saturated rings. The van der Waals surface area contributed by atoms with Gasteiger partial charge in [0.2, 0.25) is 0 Å². The molecule has 1 saturated carbocycles. The molecule has 0 aliphatic heterocycles. The number of hydrogen-bond acceptors (Lipinski definition) is 5. The van der Waals surface area contributed by atoms with E-state index < -0.39 is 41.9 Å². The number of Topliss-reactive ketones (excluding diaryl/α,β-unsaturated/α-hetero) is 1. The van der Waals surface area contributed by atoms with Crippen LogP contribution in [0.15, 0.2) is 50.5 Å². The molecule has 0 spiro atoms. The minimum Gasteiger partial charge on any atom is -0.298 e. The van der Waals surface area contributed by atoms with Crippen LogP contribution in [-0.4, -0.2) is 19.4 Å². The summed E-state index contributed by atoms with van der Waals surface area (Å²) < 4.78 is 56.8. The smallest absolute Gasteiger partial charge is 0.298 e. The Bertz CT molecular complexity index is 1180. The van der Waals surface area contributed by atoms with Crippen molar-refractivity contribution in [2.24, 2.45) is 9.06 Å². The molecule has 0 bridgehead atoms. The van der Waals surface area contributed by atoms with Gasteiger partial charge in [-0.25, -0.2) is 3.15 Å². The van der Waals surface area contributed by atoms with Gasteiger partial charge >= 0.3 is 6.18 Å². The summed E-state index contributed by atoms with van der Waals surface area (Å²) in [7, 11) is 0. The van der Waals surface area contributed by atoms with Crippen LogP contribution in [0.4, 0.5) is 18.9 Å². The van der Waals surface area contributed by atoms with Crippen LogP contribution in [0.3, 0.4) is 0 Å². The normalized spacial score (nSPS) is 16.5. The zero-order valence-corrected chi connectivity index (χ0v) is 26.3. The van der Waals surface area contributed by atoms with Gasteiger partial charge < -0.3 is 0 Å². The second kappa shape index (κ2) is 15.0. The predicted molar refractivity (Wildman–Crippen MR) is 162 cm³/mol. The summed E-state index contributed by atoms with van der Waals surface area (Å²) in [5.74, 6) is 1.11. The van der Waals surface area contributed by atoms with E-state index in [1.54, 1.807) is 13.0 Å². The Hall–Kier alpha value is -1.20. The fraction of sp³-hybridized carbons (Fsp3) is 0.500. The number of nitriles is 1. The summed E-state index contributed by atoms with van der Waals surface area (Å²) in [6, 6.07) is 13.2. The number of nitrogens with zero attached hydrogens (tertiary/aromatic N) is 2. The number of carbonyl (C=O) groups excluding carboxylic acids is 1. The zero-order chi connectivity index (χ0) is 27.6. The maximum atomic E-state index is 13.2. The van der Waals surface area contributed by atoms with Gasteiger partial charge in [0.15, 0.2) is 27.0 Å². The van der Waals surface area contributed by atoms with Gasteiger partial charge in [-0.1, -0.05) is 25.3 Å². The van der Waals surface area contributed by atoms with Gasteiger partial charge in [-0.3, -0.25) is 7.86 Å². The molecule has 0 N–H and O–H groups in total. The number of ketones is 1. The van der Waals surface area contributed by atoms with Crippen LogP contribution in [0.2, 0.25) is 0 Å². The standard InChI is InChI=1S/C28H31F3I2N2O2S/c1-27(33-37,26(36)9-5-8-20-10-11-22(18-34)25(16-20)28(29,30)31)19-38-24-14-12-23(13-15-24)35-32-17-21-6-3-2-4-7-21/h10-16,21H,2-9,17,19H2,1H3/t27-/m0/s1. The van der Waals surface area contributed by atoms with Crippen LogP contribution < -0.4 is 0 Å². The van der Waals surface area contributed by atoms with Crippen molar-refractivity contribution in [1.29, 1.82) is 5.26 Å². The number of benzene rings is 2. The van der Waals surface area contributed by atoms with Gasteiger partial charge in [0, 0.05) is 21.5 Å². The third-order valence-corrected chi connectivity index (χ3v) is 13.0. The van der Waals surface area contributed by atoms with Crippen LogP contribution in [-0.2, 0) is 20.5 Å². The first kappa shape index (κ1) is 31.3. The quantitative estimate of drug-likeness (QED) is 0.123. The monoisotopic (exact) mass is 770 g/mol. The fourth-order valence-electron chi connectivity index (χ4n) is 4.30. The highest BCUT2D eigenvalue weighted by atomic mass is 127. The topological polar surface area (TPSA) is 70.3 Å². The summed E-state index contributed by atoms with van der Waals surface area (Å²) in [6.45, 7) is 1.71. The average molecular weight is 770 g/mol. The first-order chi connectivity index (χ1) is 18.1. The van der Waals surface area contributed by atoms with E-state index in [4.69, 9.17) is 8.41 Å². The molecule has 3 rings (SSSR count). The van der Waals surface area contributed by atoms with Gasteiger partial charge in [-0.15, -0.1) is 11.8 Å². The summed E-state index contributed by atoms with van der Waals surface area (Å²) >= 11 is -0.326. The molecule has 1 aliphatic carbocycles. The van der Waals surface area contributed by atoms with E-state index in [-0.39, 0.29) is 39.7 Å². The number of halogens is 5. The molecule has 0 aromatic heterocycles. The molecule has 1 aliphatic rings. The second-order valence-corrected chi connectivity index (χ2v) is 15.6. The van der Waals surface area contributed by atoms with Crippen LogP contribution in [0.5, 0.6) is 0 Å². The van der Waals surface area contributed by atoms with E-state index in [2.05, 4.69) is 0 Å². The number of hydrogen-bond donors (Lipinski definition) is 0. The van der Waals surface area contributed by atoms with E-state index in [0.29, 0.717) is 17.7 Å². The maximum absolute atomic E-state index is 13.2. The van der Waals surface area contributed by atoms with Crippen molar-refractivity contribution in [1.82, 2.24) is 0 Å². The number of alkyl halides is 5. The van der Waals surface area contributed by atoms with Crippen molar-refractivity contribution in [2.45, 2.75) is 72.8 Å². The number of carbonyl (C=O) groups is 1. The summed E-state index contributed by atoms with van der Waals surface area (Å²) in [4.78, 5) is 13.9. The molecule has 206 valence electrons. The maximum Gasteiger partial charge on any atom is 0.417 e. The zero-order valence-electron chi connectivity index (χ0n) is 21.2. The first-order valence-electron chi connectivity index (χ1n) is 12.6. The highest BCUT2D eigenvalue weighted by Gasteiger charge is 2.35. The van der Waals surface area contributed by atoms with Crippen molar-refractivity contribution in [3.63, 3.8) is 0 Å². The molecule has 0 unspecified atom stereocenters. The molecule has 0 saturated heterocycles. The second-order valence-electron chi connectivity index (χ2n) is 9.69. The fourth-order valence-corrected chi connectivity index (χ4v) is 8.98. The van der Waals surface area contributed by atoms with Crippen LogP contribution in [0.25, 0.3) is 0 Å². The van der Waals surface area contributed by atoms with Gasteiger partial charge in [-0.05, 0) is 102 Å². The summed E-state index contributed by atoms with van der Waals surface area (Å²) in [6.07, 6.45) is 2.93. The molecule has 2 aromatic carbocycles. The lowest BCUT2D eigenvalue weighted by Crippen LogP contribution is -2.31. The minimum absolute atomic E-state index is 0.128. The Balaban J connectivity index is 1.49. The Morgan fingerprint density at radius 2 is 1.84 bits per heavy atom. The largest absolute Gasteiger partial charge is 0.417 e. The van der Waals surface area contributed by atoms with E-state index in [1.807, 2.05) is 24.3 Å². The SMILES string of the molecule is C[C@@](CSc1ccc(N=ICC2CCCCC2)cc1)(I=O)C(=O)CCCc1ccc(C#N)c(C(F)(F)F)c1. The minimum atomic E-state index is -4.61. The molecule has 0 heterocycles. The molecular formula is C28H31F3I2N2O2S. The van der Waals surface area contributed by atoms with E-state index in [9.17, 15) is 21.0 Å². The Labute approximate surface area is 247 Å². The Morgan fingerprint density at radius 1 is 1.13 bits per heavy atom. The van der Waals surface area contributed by atoms with Crippen LogP contribution in [0.1, 0.15) is 68.6 Å². The first-order valence-corrected chi connectivity index (χ1v) is 18.0. The van der Waals surface area contributed by atoms with Crippen molar-refractivity contribution < 1.29 is 21.0 Å². The molecular weight excluding hydrogens is 739 g/mol. The van der Waals surface area contributed by atoms with Crippen LogP contribution >= 0.6 is 54.0 Å². The number of thioether (sulfide) groups is 1. The number of rotatable bonds is 12. The van der Waals surface area contributed by atoms with Crippen molar-refractivity contribution in [2.75, 3.05) is 10.2 Å². The van der Waals surface area contributed by atoms with Gasteiger partial charge in [0.05, 0.1) is 22.9 Å². The molecule has 0 amide bonds. The highest BCUT2D eigenvalue weighted by Crippen LogP contribution is 2.36. The lowest BCUT2D eigenvalue weighted by atomic mass is 9.91. The number of aryl methyl sites for hydroxylation is 1. The molecule has 4 nitrogen and oxygen atoms in total. The lowest BCUT2D eigenvalue weighted by Gasteiger charge is -2.20. The third-order valence-electron chi connectivity index (χ3n) is 6.65.